The Kier molecular flexibility index (Phi) is 4.67. The Morgan fingerprint density at radius 1 is 1.18 bits per heavy atom. The summed E-state index contributed by atoms with van der Waals surface area (Å²) in [7, 11) is 3.54. The molecule has 2 aromatic rings. The molecule has 1 fully saturated rings. The maximum atomic E-state index is 13.0. The molecule has 2 aliphatic heterocycles. The van der Waals surface area contributed by atoms with Gasteiger partial charge in [-0.25, -0.2) is 0 Å². The fourth-order valence-electron chi connectivity index (χ4n) is 4.11. The minimum Gasteiger partial charge on any atom is -0.496 e. The van der Waals surface area contributed by atoms with Crippen molar-refractivity contribution < 1.29 is 14.3 Å². The number of likely N-dealkylation sites (tertiary alicyclic amines) is 1. The van der Waals surface area contributed by atoms with E-state index in [0.29, 0.717) is 47.8 Å². The molecule has 28 heavy (non-hydrogen) atoms. The van der Waals surface area contributed by atoms with Crippen LogP contribution in [0.1, 0.15) is 33.6 Å². The number of methoxy groups -OCH3 is 1. The number of carbonyl (C=O) groups is 2. The molecule has 0 atom stereocenters. The van der Waals surface area contributed by atoms with Crippen molar-refractivity contribution in [3.8, 4) is 5.75 Å². The van der Waals surface area contributed by atoms with Gasteiger partial charge in [-0.3, -0.25) is 9.59 Å². The second-order valence-corrected chi connectivity index (χ2v) is 7.64. The number of para-hydroxylation sites is 1. The molecule has 0 aliphatic carbocycles. The summed E-state index contributed by atoms with van der Waals surface area (Å²) in [6.07, 6.45) is 1.27. The predicted octanol–water partition coefficient (Wildman–Crippen LogP) is 3.16. The molecular weight excluding hydrogens is 378 g/mol. The van der Waals surface area contributed by atoms with Crippen molar-refractivity contribution in [1.82, 2.24) is 10.2 Å². The van der Waals surface area contributed by atoms with Crippen LogP contribution in [0, 0.1) is 0 Å². The lowest BCUT2D eigenvalue weighted by molar-refractivity contribution is 0.0606. The molecular formula is C21H22ClN3O3. The van der Waals surface area contributed by atoms with E-state index in [9.17, 15) is 9.59 Å². The topological polar surface area (TPSA) is 61.9 Å². The minimum absolute atomic E-state index is 0.0516. The first-order chi connectivity index (χ1) is 13.4. The van der Waals surface area contributed by atoms with Crippen LogP contribution >= 0.6 is 11.6 Å². The van der Waals surface area contributed by atoms with Gasteiger partial charge in [0, 0.05) is 38.0 Å². The van der Waals surface area contributed by atoms with Crippen molar-refractivity contribution in [2.24, 2.45) is 0 Å². The van der Waals surface area contributed by atoms with Crippen LogP contribution < -0.4 is 15.0 Å². The van der Waals surface area contributed by atoms with Gasteiger partial charge in [0.1, 0.15) is 11.4 Å². The first-order valence-electron chi connectivity index (χ1n) is 9.23. The van der Waals surface area contributed by atoms with Crippen molar-refractivity contribution in [3.63, 3.8) is 0 Å². The summed E-state index contributed by atoms with van der Waals surface area (Å²) in [4.78, 5) is 29.6. The number of hydrogen-bond acceptors (Lipinski definition) is 4. The number of amides is 2. The number of rotatable bonds is 2. The highest BCUT2D eigenvalue weighted by Gasteiger charge is 2.45. The van der Waals surface area contributed by atoms with Gasteiger partial charge in [-0.1, -0.05) is 23.7 Å². The second-order valence-electron chi connectivity index (χ2n) is 7.20. The SMILES string of the molecule is COc1ccccc1C(=O)N1CCC2(CC1)NC(=O)c1cc(Cl)ccc1N2C. The Morgan fingerprint density at radius 2 is 1.89 bits per heavy atom. The molecule has 1 spiro atoms. The Bertz CT molecular complexity index is 938. The van der Waals surface area contributed by atoms with E-state index in [1.165, 1.54) is 0 Å². The standard InChI is InChI=1S/C21H22ClN3O3/c1-24-17-8-7-14(22)13-16(17)19(26)23-21(24)9-11-25(12-10-21)20(27)15-5-3-4-6-18(15)28-2/h3-8,13H,9-12H2,1-2H3,(H,23,26). The van der Waals surface area contributed by atoms with Crippen molar-refractivity contribution >= 4 is 29.1 Å². The molecule has 0 saturated carbocycles. The lowest BCUT2D eigenvalue weighted by Crippen LogP contribution is -2.67. The number of piperidine rings is 1. The Balaban J connectivity index is 1.54. The Labute approximate surface area is 169 Å². The summed E-state index contributed by atoms with van der Waals surface area (Å²) < 4.78 is 5.32. The van der Waals surface area contributed by atoms with Crippen molar-refractivity contribution in [1.29, 1.82) is 0 Å². The van der Waals surface area contributed by atoms with E-state index in [1.54, 1.807) is 31.4 Å². The van der Waals surface area contributed by atoms with E-state index in [2.05, 4.69) is 10.2 Å². The highest BCUT2D eigenvalue weighted by molar-refractivity contribution is 6.31. The fourth-order valence-corrected chi connectivity index (χ4v) is 4.28. The summed E-state index contributed by atoms with van der Waals surface area (Å²) >= 11 is 6.05. The number of anilines is 1. The van der Waals surface area contributed by atoms with Crippen LogP contribution in [0.3, 0.4) is 0 Å². The highest BCUT2D eigenvalue weighted by Crippen LogP contribution is 2.37. The molecule has 1 N–H and O–H groups in total. The molecule has 2 aliphatic rings. The number of halogens is 1. The Hall–Kier alpha value is -2.73. The van der Waals surface area contributed by atoms with Crippen LogP contribution in [0.15, 0.2) is 42.5 Å². The molecule has 2 amide bonds. The lowest BCUT2D eigenvalue weighted by atomic mass is 9.90. The van der Waals surface area contributed by atoms with Crippen LogP contribution in [0.2, 0.25) is 5.02 Å². The number of carbonyl (C=O) groups excluding carboxylic acids is 2. The van der Waals surface area contributed by atoms with Crippen LogP contribution in [0.4, 0.5) is 5.69 Å². The smallest absolute Gasteiger partial charge is 0.257 e. The molecule has 2 aromatic carbocycles. The largest absolute Gasteiger partial charge is 0.496 e. The zero-order chi connectivity index (χ0) is 19.9. The lowest BCUT2D eigenvalue weighted by Gasteiger charge is -2.51. The molecule has 0 unspecified atom stereocenters. The summed E-state index contributed by atoms with van der Waals surface area (Å²) in [5, 5.41) is 3.69. The quantitative estimate of drug-likeness (QED) is 0.842. The van der Waals surface area contributed by atoms with Crippen LogP contribution in [0.5, 0.6) is 5.75 Å². The average Bonchev–Trinajstić information content (AvgIpc) is 2.72. The second kappa shape index (κ2) is 7.02. The van der Waals surface area contributed by atoms with E-state index in [-0.39, 0.29) is 11.8 Å². The van der Waals surface area contributed by atoms with Gasteiger partial charge < -0.3 is 19.9 Å². The van der Waals surface area contributed by atoms with E-state index in [1.807, 2.05) is 30.1 Å². The first kappa shape index (κ1) is 18.6. The zero-order valence-electron chi connectivity index (χ0n) is 15.9. The monoisotopic (exact) mass is 399 g/mol. The molecule has 0 aromatic heterocycles. The van der Waals surface area contributed by atoms with Crippen molar-refractivity contribution in [2.45, 2.75) is 18.5 Å². The molecule has 146 valence electrons. The van der Waals surface area contributed by atoms with Crippen LogP contribution in [-0.4, -0.2) is 49.6 Å². The van der Waals surface area contributed by atoms with Gasteiger partial charge in [0.25, 0.3) is 11.8 Å². The number of benzene rings is 2. The molecule has 4 rings (SSSR count). The third kappa shape index (κ3) is 2.98. The summed E-state index contributed by atoms with van der Waals surface area (Å²) in [5.74, 6) is 0.394. The number of ether oxygens (including phenoxy) is 1. The van der Waals surface area contributed by atoms with Gasteiger partial charge in [-0.2, -0.15) is 0 Å². The van der Waals surface area contributed by atoms with Crippen LogP contribution in [-0.2, 0) is 0 Å². The predicted molar refractivity (Wildman–Crippen MR) is 108 cm³/mol. The third-order valence-corrected chi connectivity index (χ3v) is 6.00. The van der Waals surface area contributed by atoms with E-state index < -0.39 is 5.66 Å². The van der Waals surface area contributed by atoms with Crippen LogP contribution in [0.25, 0.3) is 0 Å². The van der Waals surface area contributed by atoms with Gasteiger partial charge in [-0.05, 0) is 30.3 Å². The maximum absolute atomic E-state index is 13.0. The van der Waals surface area contributed by atoms with Crippen molar-refractivity contribution in [3.05, 3.63) is 58.6 Å². The van der Waals surface area contributed by atoms with Gasteiger partial charge >= 0.3 is 0 Å². The third-order valence-electron chi connectivity index (χ3n) is 5.77. The highest BCUT2D eigenvalue weighted by atomic mass is 35.5. The van der Waals surface area contributed by atoms with E-state index in [0.717, 1.165) is 5.69 Å². The first-order valence-corrected chi connectivity index (χ1v) is 9.61. The normalized spacial score (nSPS) is 17.9. The van der Waals surface area contributed by atoms with Gasteiger partial charge in [-0.15, -0.1) is 0 Å². The minimum atomic E-state index is -0.504. The summed E-state index contributed by atoms with van der Waals surface area (Å²) in [6.45, 7) is 1.09. The number of hydrogen-bond donors (Lipinski definition) is 1. The zero-order valence-corrected chi connectivity index (χ0v) is 16.6. The van der Waals surface area contributed by atoms with Gasteiger partial charge in [0.15, 0.2) is 0 Å². The summed E-state index contributed by atoms with van der Waals surface area (Å²) in [5.41, 5.74) is 1.49. The molecule has 0 radical (unpaired) electrons. The number of fused-ring (bicyclic) bond motifs is 1. The molecule has 6 nitrogen and oxygen atoms in total. The molecule has 1 saturated heterocycles. The average molecular weight is 400 g/mol. The molecule has 7 heteroatoms. The number of nitrogens with zero attached hydrogens (tertiary/aromatic N) is 2. The number of nitrogens with one attached hydrogen (secondary N) is 1. The fraction of sp³-hybridized carbons (Fsp3) is 0.333. The maximum Gasteiger partial charge on any atom is 0.257 e. The molecule has 2 heterocycles. The van der Waals surface area contributed by atoms with Gasteiger partial charge in [0.05, 0.1) is 23.9 Å². The van der Waals surface area contributed by atoms with E-state index >= 15 is 0 Å². The summed E-state index contributed by atoms with van der Waals surface area (Å²) in [6, 6.07) is 12.6. The van der Waals surface area contributed by atoms with E-state index in [4.69, 9.17) is 16.3 Å². The Morgan fingerprint density at radius 3 is 2.61 bits per heavy atom. The van der Waals surface area contributed by atoms with Crippen molar-refractivity contribution in [2.75, 3.05) is 32.1 Å². The molecule has 0 bridgehead atoms. The van der Waals surface area contributed by atoms with Gasteiger partial charge in [0.2, 0.25) is 0 Å².